The molecule has 0 aliphatic heterocycles. The molecule has 0 radical (unpaired) electrons. The SMILES string of the molecule is CCCCOc1ccc(Br)cc1C(=O)Oc1cccc(C(=O)OCC)c1. The molecule has 0 atom stereocenters. The average Bonchev–Trinajstić information content (AvgIpc) is 2.63. The van der Waals surface area contributed by atoms with Crippen LogP contribution in [0, 0.1) is 0 Å². The summed E-state index contributed by atoms with van der Waals surface area (Å²) >= 11 is 3.36. The number of hydrogen-bond donors (Lipinski definition) is 0. The van der Waals surface area contributed by atoms with E-state index in [1.165, 1.54) is 6.07 Å². The first-order chi connectivity index (χ1) is 12.5. The first-order valence-electron chi connectivity index (χ1n) is 8.46. The third-order valence-electron chi connectivity index (χ3n) is 3.47. The van der Waals surface area contributed by atoms with E-state index in [1.54, 1.807) is 43.3 Å². The van der Waals surface area contributed by atoms with E-state index >= 15 is 0 Å². The smallest absolute Gasteiger partial charge is 0.347 e. The van der Waals surface area contributed by atoms with Gasteiger partial charge in [-0.05, 0) is 49.7 Å². The molecule has 0 N–H and O–H groups in total. The van der Waals surface area contributed by atoms with Gasteiger partial charge in [0, 0.05) is 4.47 Å². The Kier molecular flexibility index (Phi) is 7.66. The standard InChI is InChI=1S/C20H21BrO5/c1-3-5-11-25-18-10-9-15(21)13-17(18)20(23)26-16-8-6-7-14(12-16)19(22)24-4-2/h6-10,12-13H,3-5,11H2,1-2H3. The van der Waals surface area contributed by atoms with Crippen LogP contribution in [0.1, 0.15) is 47.4 Å². The van der Waals surface area contributed by atoms with E-state index in [2.05, 4.69) is 22.9 Å². The molecule has 0 bridgehead atoms. The summed E-state index contributed by atoms with van der Waals surface area (Å²) in [4.78, 5) is 24.4. The van der Waals surface area contributed by atoms with Gasteiger partial charge in [0.05, 0.1) is 18.8 Å². The number of carbonyl (C=O) groups is 2. The lowest BCUT2D eigenvalue weighted by Gasteiger charge is -2.12. The summed E-state index contributed by atoms with van der Waals surface area (Å²) in [6.45, 7) is 4.60. The highest BCUT2D eigenvalue weighted by molar-refractivity contribution is 9.10. The minimum atomic E-state index is -0.557. The summed E-state index contributed by atoms with van der Waals surface area (Å²) in [7, 11) is 0. The van der Waals surface area contributed by atoms with Crippen LogP contribution in [-0.4, -0.2) is 25.2 Å². The van der Waals surface area contributed by atoms with Gasteiger partial charge in [-0.2, -0.15) is 0 Å². The van der Waals surface area contributed by atoms with Gasteiger partial charge in [0.2, 0.25) is 0 Å². The molecule has 0 aliphatic rings. The van der Waals surface area contributed by atoms with Gasteiger partial charge in [0.15, 0.2) is 0 Å². The van der Waals surface area contributed by atoms with Crippen molar-refractivity contribution >= 4 is 27.9 Å². The Morgan fingerprint density at radius 3 is 2.58 bits per heavy atom. The van der Waals surface area contributed by atoms with Crippen LogP contribution in [0.2, 0.25) is 0 Å². The molecule has 0 aliphatic carbocycles. The van der Waals surface area contributed by atoms with Crippen molar-refractivity contribution in [1.82, 2.24) is 0 Å². The molecule has 5 nitrogen and oxygen atoms in total. The summed E-state index contributed by atoms with van der Waals surface area (Å²) < 4.78 is 16.8. The van der Waals surface area contributed by atoms with E-state index in [0.717, 1.165) is 17.3 Å². The fourth-order valence-electron chi connectivity index (χ4n) is 2.18. The highest BCUT2D eigenvalue weighted by Gasteiger charge is 2.17. The van der Waals surface area contributed by atoms with Gasteiger partial charge in [-0.15, -0.1) is 0 Å². The maximum Gasteiger partial charge on any atom is 0.347 e. The molecule has 0 fully saturated rings. The fraction of sp³-hybridized carbons (Fsp3) is 0.300. The van der Waals surface area contributed by atoms with Gasteiger partial charge in [0.25, 0.3) is 0 Å². The zero-order valence-corrected chi connectivity index (χ0v) is 16.4. The molecule has 0 spiro atoms. The molecule has 2 aromatic rings. The van der Waals surface area contributed by atoms with Crippen molar-refractivity contribution in [3.05, 3.63) is 58.1 Å². The highest BCUT2D eigenvalue weighted by atomic mass is 79.9. The zero-order valence-electron chi connectivity index (χ0n) is 14.8. The molecule has 138 valence electrons. The van der Waals surface area contributed by atoms with Crippen LogP contribution in [0.25, 0.3) is 0 Å². The van der Waals surface area contributed by atoms with E-state index in [9.17, 15) is 9.59 Å². The number of rotatable bonds is 8. The van der Waals surface area contributed by atoms with Gasteiger partial charge < -0.3 is 14.2 Å². The number of esters is 2. The van der Waals surface area contributed by atoms with Crippen molar-refractivity contribution in [2.45, 2.75) is 26.7 Å². The van der Waals surface area contributed by atoms with Crippen LogP contribution in [0.4, 0.5) is 0 Å². The van der Waals surface area contributed by atoms with Crippen LogP contribution >= 0.6 is 15.9 Å². The summed E-state index contributed by atoms with van der Waals surface area (Å²) in [6, 6.07) is 11.5. The molecular formula is C20H21BrO5. The van der Waals surface area contributed by atoms with Crippen molar-refractivity contribution in [3.63, 3.8) is 0 Å². The molecule has 6 heteroatoms. The van der Waals surface area contributed by atoms with Crippen LogP contribution in [-0.2, 0) is 4.74 Å². The topological polar surface area (TPSA) is 61.8 Å². The molecule has 2 rings (SSSR count). The number of halogens is 1. The molecule has 0 saturated heterocycles. The third-order valence-corrected chi connectivity index (χ3v) is 3.97. The monoisotopic (exact) mass is 420 g/mol. The van der Waals surface area contributed by atoms with Crippen molar-refractivity contribution in [2.24, 2.45) is 0 Å². The van der Waals surface area contributed by atoms with E-state index in [4.69, 9.17) is 14.2 Å². The lowest BCUT2D eigenvalue weighted by Crippen LogP contribution is -2.12. The van der Waals surface area contributed by atoms with Gasteiger partial charge in [0.1, 0.15) is 17.1 Å². The largest absolute Gasteiger partial charge is 0.493 e. The second-order valence-corrected chi connectivity index (χ2v) is 6.40. The minimum Gasteiger partial charge on any atom is -0.493 e. The van der Waals surface area contributed by atoms with Crippen molar-refractivity contribution < 1.29 is 23.8 Å². The Labute approximate surface area is 161 Å². The van der Waals surface area contributed by atoms with Gasteiger partial charge in [-0.25, -0.2) is 9.59 Å². The minimum absolute atomic E-state index is 0.264. The Morgan fingerprint density at radius 2 is 1.85 bits per heavy atom. The molecule has 0 amide bonds. The normalized spacial score (nSPS) is 10.3. The molecule has 0 saturated carbocycles. The summed E-state index contributed by atoms with van der Waals surface area (Å²) in [5.41, 5.74) is 0.642. The first kappa shape index (κ1) is 20.0. The molecule has 0 heterocycles. The number of benzene rings is 2. The highest BCUT2D eigenvalue weighted by Crippen LogP contribution is 2.25. The number of carbonyl (C=O) groups excluding carboxylic acids is 2. The predicted molar refractivity (Wildman–Crippen MR) is 102 cm³/mol. The van der Waals surface area contributed by atoms with E-state index in [1.807, 2.05) is 0 Å². The first-order valence-corrected chi connectivity index (χ1v) is 9.26. The lowest BCUT2D eigenvalue weighted by atomic mass is 10.2. The predicted octanol–water partition coefficient (Wildman–Crippen LogP) is 5.02. The van der Waals surface area contributed by atoms with Gasteiger partial charge in [-0.1, -0.05) is 35.3 Å². The van der Waals surface area contributed by atoms with Gasteiger partial charge >= 0.3 is 11.9 Å². The summed E-state index contributed by atoms with van der Waals surface area (Å²) in [6.07, 6.45) is 1.89. The Balaban J connectivity index is 2.18. The Hall–Kier alpha value is -2.34. The zero-order chi connectivity index (χ0) is 18.9. The molecule has 0 aromatic heterocycles. The second kappa shape index (κ2) is 9.97. The van der Waals surface area contributed by atoms with Crippen molar-refractivity contribution in [3.8, 4) is 11.5 Å². The van der Waals surface area contributed by atoms with Crippen LogP contribution < -0.4 is 9.47 Å². The van der Waals surface area contributed by atoms with Crippen LogP contribution in [0.5, 0.6) is 11.5 Å². The van der Waals surface area contributed by atoms with Crippen LogP contribution in [0.15, 0.2) is 46.9 Å². The van der Waals surface area contributed by atoms with Crippen molar-refractivity contribution in [2.75, 3.05) is 13.2 Å². The molecule has 26 heavy (non-hydrogen) atoms. The molecule has 2 aromatic carbocycles. The van der Waals surface area contributed by atoms with Crippen LogP contribution in [0.3, 0.4) is 0 Å². The average molecular weight is 421 g/mol. The quantitative estimate of drug-likeness (QED) is 0.340. The summed E-state index contributed by atoms with van der Waals surface area (Å²) in [5, 5.41) is 0. The van der Waals surface area contributed by atoms with Gasteiger partial charge in [-0.3, -0.25) is 0 Å². The van der Waals surface area contributed by atoms with E-state index in [0.29, 0.717) is 23.5 Å². The fourth-order valence-corrected chi connectivity index (χ4v) is 2.54. The number of hydrogen-bond acceptors (Lipinski definition) is 5. The Bertz CT molecular complexity index is 773. The summed E-state index contributed by atoms with van der Waals surface area (Å²) in [5.74, 6) is -0.288. The molecular weight excluding hydrogens is 400 g/mol. The second-order valence-electron chi connectivity index (χ2n) is 5.48. The number of unbranched alkanes of at least 4 members (excludes halogenated alkanes) is 1. The van der Waals surface area contributed by atoms with E-state index in [-0.39, 0.29) is 12.4 Å². The Morgan fingerprint density at radius 1 is 1.04 bits per heavy atom. The maximum absolute atomic E-state index is 12.6. The lowest BCUT2D eigenvalue weighted by molar-refractivity contribution is 0.0524. The maximum atomic E-state index is 12.6. The van der Waals surface area contributed by atoms with Crippen molar-refractivity contribution in [1.29, 1.82) is 0 Å². The molecule has 0 unspecified atom stereocenters. The third kappa shape index (κ3) is 5.59. The van der Waals surface area contributed by atoms with E-state index < -0.39 is 11.9 Å². The number of ether oxygens (including phenoxy) is 3.